The first-order chi connectivity index (χ1) is 15.9. The molecular formula is C26H44N2O5Si2. The smallest absolute Gasteiger partial charge is 0.330 e. The molecule has 2 aliphatic rings. The Morgan fingerprint density at radius 1 is 1.14 bits per heavy atom. The van der Waals surface area contributed by atoms with Crippen molar-refractivity contribution in [3.05, 3.63) is 57.4 Å². The number of hydrogen-bond acceptors (Lipinski definition) is 5. The molecule has 0 radical (unpaired) electrons. The van der Waals surface area contributed by atoms with E-state index >= 15 is 0 Å². The first-order valence-corrected chi connectivity index (χ1v) is 18.3. The van der Waals surface area contributed by atoms with Crippen LogP contribution in [0.1, 0.15) is 54.2 Å². The van der Waals surface area contributed by atoms with Crippen LogP contribution in [0.25, 0.3) is 0 Å². The van der Waals surface area contributed by atoms with Crippen molar-refractivity contribution in [2.45, 2.75) is 102 Å². The van der Waals surface area contributed by atoms with Gasteiger partial charge in [-0.05, 0) is 48.3 Å². The van der Waals surface area contributed by atoms with Crippen LogP contribution >= 0.6 is 0 Å². The molecule has 1 aliphatic carbocycles. The lowest BCUT2D eigenvalue weighted by Gasteiger charge is -2.47. The average Bonchev–Trinajstić information content (AvgIpc) is 2.89. The summed E-state index contributed by atoms with van der Waals surface area (Å²) in [7, 11) is -4.34. The molecule has 0 aromatic carbocycles. The first kappa shape index (κ1) is 28.1. The van der Waals surface area contributed by atoms with Gasteiger partial charge in [0.05, 0.1) is 12.7 Å². The van der Waals surface area contributed by atoms with Crippen LogP contribution in [0.4, 0.5) is 0 Å². The topological polar surface area (TPSA) is 82.6 Å². The van der Waals surface area contributed by atoms with Crippen molar-refractivity contribution in [2.75, 3.05) is 6.61 Å². The van der Waals surface area contributed by atoms with E-state index in [2.05, 4.69) is 85.4 Å². The third kappa shape index (κ3) is 5.02. The molecule has 1 saturated heterocycles. The van der Waals surface area contributed by atoms with Crippen LogP contribution in [-0.4, -0.2) is 44.5 Å². The quantitative estimate of drug-likeness (QED) is 0.490. The van der Waals surface area contributed by atoms with Crippen molar-refractivity contribution in [3.63, 3.8) is 0 Å². The molecule has 35 heavy (non-hydrogen) atoms. The molecule has 1 aromatic rings. The van der Waals surface area contributed by atoms with Gasteiger partial charge in [-0.15, -0.1) is 0 Å². The highest BCUT2D eigenvalue weighted by Crippen LogP contribution is 2.54. The second-order valence-corrected chi connectivity index (χ2v) is 22.6. The third-order valence-corrected chi connectivity index (χ3v) is 17.6. The van der Waals surface area contributed by atoms with Gasteiger partial charge in [0, 0.05) is 18.2 Å². The number of ether oxygens (including phenoxy) is 1. The lowest BCUT2D eigenvalue weighted by molar-refractivity contribution is -0.0972. The molecule has 196 valence electrons. The van der Waals surface area contributed by atoms with Crippen molar-refractivity contribution in [1.29, 1.82) is 0 Å². The molecule has 2 heterocycles. The summed E-state index contributed by atoms with van der Waals surface area (Å²) in [4.78, 5) is 26.9. The monoisotopic (exact) mass is 520 g/mol. The van der Waals surface area contributed by atoms with E-state index in [1.807, 2.05) is 6.08 Å². The standard InChI is InChI=1S/C26H44N2O5Si2/c1-12-18-13-14-19-21(33-35(10,11)25(5,6)7)26(18,17-31-34(8,9)24(2,3)4)32-22(19)28-16-15-20(29)27-23(28)30/h12-13,15-16,19,21-22H,1,14,17H2,2-11H3,(H,27,29,30)/t19-,21+,22-,26+/m1/s1. The summed E-state index contributed by atoms with van der Waals surface area (Å²) in [5.74, 6) is -0.112. The lowest BCUT2D eigenvalue weighted by Crippen LogP contribution is -2.57. The predicted molar refractivity (Wildman–Crippen MR) is 146 cm³/mol. The second-order valence-electron chi connectivity index (χ2n) is 13.0. The maximum Gasteiger partial charge on any atom is 0.330 e. The Hall–Kier alpha value is -1.53. The number of aromatic nitrogens is 2. The van der Waals surface area contributed by atoms with Crippen LogP contribution in [0.3, 0.4) is 0 Å². The minimum absolute atomic E-state index is 0.00621. The van der Waals surface area contributed by atoms with Gasteiger partial charge in [0.25, 0.3) is 5.56 Å². The first-order valence-electron chi connectivity index (χ1n) is 12.5. The van der Waals surface area contributed by atoms with Gasteiger partial charge < -0.3 is 13.6 Å². The average molecular weight is 521 g/mol. The molecule has 0 unspecified atom stereocenters. The Labute approximate surface area is 211 Å². The van der Waals surface area contributed by atoms with E-state index in [-0.39, 0.29) is 22.1 Å². The molecule has 3 rings (SSSR count). The Balaban J connectivity index is 2.14. The largest absolute Gasteiger partial charge is 0.413 e. The lowest BCUT2D eigenvalue weighted by atomic mass is 9.77. The molecule has 2 bridgehead atoms. The Morgan fingerprint density at radius 3 is 2.26 bits per heavy atom. The van der Waals surface area contributed by atoms with Gasteiger partial charge >= 0.3 is 5.69 Å². The van der Waals surface area contributed by atoms with Crippen molar-refractivity contribution in [3.8, 4) is 0 Å². The SMILES string of the molecule is C=CC1=CC[C@H]2[C@H](n3ccc(=O)[nH]c3=O)O[C@]1(CO[Si](C)(C)C(C)(C)C)[C@H]2O[Si](C)(C)C(C)(C)C. The number of aromatic amines is 1. The molecule has 4 atom stereocenters. The highest BCUT2D eigenvalue weighted by molar-refractivity contribution is 6.74. The Morgan fingerprint density at radius 2 is 1.74 bits per heavy atom. The second kappa shape index (κ2) is 9.09. The molecular weight excluding hydrogens is 476 g/mol. The van der Waals surface area contributed by atoms with Crippen molar-refractivity contribution in [1.82, 2.24) is 9.55 Å². The summed E-state index contributed by atoms with van der Waals surface area (Å²) < 4.78 is 22.2. The van der Waals surface area contributed by atoms with Gasteiger partial charge in [0.1, 0.15) is 11.8 Å². The maximum absolute atomic E-state index is 12.8. The predicted octanol–water partition coefficient (Wildman–Crippen LogP) is 5.35. The molecule has 1 fully saturated rings. The van der Waals surface area contributed by atoms with E-state index in [0.717, 1.165) is 5.57 Å². The zero-order valence-electron chi connectivity index (χ0n) is 23.2. The van der Waals surface area contributed by atoms with Crippen LogP contribution in [-0.2, 0) is 13.6 Å². The van der Waals surface area contributed by atoms with Crippen molar-refractivity contribution >= 4 is 16.6 Å². The van der Waals surface area contributed by atoms with Crippen molar-refractivity contribution < 1.29 is 13.6 Å². The van der Waals surface area contributed by atoms with Gasteiger partial charge in [-0.3, -0.25) is 14.3 Å². The normalized spacial score (nSPS) is 27.6. The van der Waals surface area contributed by atoms with E-state index in [0.29, 0.717) is 13.0 Å². The fraction of sp³-hybridized carbons (Fsp3) is 0.692. The van der Waals surface area contributed by atoms with Gasteiger partial charge in [0.15, 0.2) is 16.6 Å². The van der Waals surface area contributed by atoms with Gasteiger partial charge in [-0.1, -0.05) is 60.3 Å². The van der Waals surface area contributed by atoms with Crippen LogP contribution in [0.15, 0.2) is 46.2 Å². The summed E-state index contributed by atoms with van der Waals surface area (Å²) in [6.07, 6.45) is 5.28. The van der Waals surface area contributed by atoms with Crippen LogP contribution in [0.2, 0.25) is 36.3 Å². The van der Waals surface area contributed by atoms with E-state index < -0.39 is 39.7 Å². The number of nitrogens with one attached hydrogen (secondary N) is 1. The van der Waals surface area contributed by atoms with Crippen LogP contribution in [0, 0.1) is 5.92 Å². The molecule has 1 aliphatic heterocycles. The summed E-state index contributed by atoms with van der Waals surface area (Å²) in [6, 6.07) is 1.36. The summed E-state index contributed by atoms with van der Waals surface area (Å²) in [5, 5.41) is 0.0210. The van der Waals surface area contributed by atoms with E-state index in [4.69, 9.17) is 13.6 Å². The van der Waals surface area contributed by atoms with Crippen LogP contribution in [0.5, 0.6) is 0 Å². The highest BCUT2D eigenvalue weighted by atomic mass is 28.4. The third-order valence-electron chi connectivity index (χ3n) is 8.67. The summed E-state index contributed by atoms with van der Waals surface area (Å²) >= 11 is 0. The number of nitrogens with zero attached hydrogens (tertiary/aromatic N) is 1. The number of fused-ring (bicyclic) bond motifs is 2. The van der Waals surface area contributed by atoms with Gasteiger partial charge in [0.2, 0.25) is 0 Å². The Bertz CT molecular complexity index is 1110. The number of H-pyrrole nitrogens is 1. The molecule has 0 spiro atoms. The maximum atomic E-state index is 12.8. The van der Waals surface area contributed by atoms with E-state index in [1.54, 1.807) is 0 Å². The van der Waals surface area contributed by atoms with Crippen molar-refractivity contribution in [2.24, 2.45) is 5.92 Å². The fourth-order valence-electron chi connectivity index (χ4n) is 4.30. The zero-order chi connectivity index (χ0) is 26.6. The Kier molecular flexibility index (Phi) is 7.29. The minimum Gasteiger partial charge on any atom is -0.413 e. The molecule has 1 N–H and O–H groups in total. The summed E-state index contributed by atoms with van der Waals surface area (Å²) in [6.45, 7) is 26.7. The van der Waals surface area contributed by atoms with Crippen LogP contribution < -0.4 is 11.2 Å². The fourth-order valence-corrected chi connectivity index (χ4v) is 6.66. The van der Waals surface area contributed by atoms with E-state index in [9.17, 15) is 9.59 Å². The molecule has 9 heteroatoms. The molecule has 0 saturated carbocycles. The summed E-state index contributed by atoms with van der Waals surface area (Å²) in [5.41, 5.74) is -0.865. The molecule has 0 amide bonds. The van der Waals surface area contributed by atoms with Gasteiger partial charge in [-0.2, -0.15) is 0 Å². The molecule has 1 aromatic heterocycles. The highest BCUT2D eigenvalue weighted by Gasteiger charge is 2.62. The number of hydrogen-bond donors (Lipinski definition) is 1. The molecule has 7 nitrogen and oxygen atoms in total. The number of allylic oxidation sites excluding steroid dienone is 1. The van der Waals surface area contributed by atoms with E-state index in [1.165, 1.54) is 16.8 Å². The van der Waals surface area contributed by atoms with Gasteiger partial charge in [-0.25, -0.2) is 4.79 Å². The number of rotatable bonds is 7. The minimum atomic E-state index is -2.22. The zero-order valence-corrected chi connectivity index (χ0v) is 25.2.